The molecule has 4 rings (SSSR count). The van der Waals surface area contributed by atoms with Crippen LogP contribution in [0.2, 0.25) is 0 Å². The molecule has 0 spiro atoms. The van der Waals surface area contributed by atoms with Crippen LogP contribution in [0.25, 0.3) is 11.1 Å². The minimum absolute atomic E-state index is 0.879. The number of rotatable bonds is 3. The summed E-state index contributed by atoms with van der Waals surface area (Å²) in [6, 6.07) is 11.5. The molecule has 0 unspecified atom stereocenters. The highest BCUT2D eigenvalue weighted by Crippen LogP contribution is 2.36. The van der Waals surface area contributed by atoms with E-state index >= 15 is 0 Å². The third kappa shape index (κ3) is 3.39. The van der Waals surface area contributed by atoms with E-state index in [-0.39, 0.29) is 0 Å². The quantitative estimate of drug-likeness (QED) is 0.790. The van der Waals surface area contributed by atoms with Gasteiger partial charge in [-0.15, -0.1) is 0 Å². The molecule has 0 bridgehead atoms. The van der Waals surface area contributed by atoms with Gasteiger partial charge in [-0.3, -0.25) is 0 Å². The van der Waals surface area contributed by atoms with Crippen molar-refractivity contribution >= 4 is 11.4 Å². The molecule has 0 N–H and O–H groups in total. The van der Waals surface area contributed by atoms with E-state index in [4.69, 9.17) is 0 Å². The van der Waals surface area contributed by atoms with Crippen LogP contribution in [-0.4, -0.2) is 37.2 Å². The zero-order chi connectivity index (χ0) is 19.1. The van der Waals surface area contributed by atoms with Gasteiger partial charge in [0.25, 0.3) is 0 Å². The summed E-state index contributed by atoms with van der Waals surface area (Å²) in [5.41, 5.74) is 9.06. The van der Waals surface area contributed by atoms with E-state index in [1.54, 1.807) is 0 Å². The van der Waals surface area contributed by atoms with Crippen LogP contribution in [0.1, 0.15) is 16.7 Å². The van der Waals surface area contributed by atoms with Gasteiger partial charge in [0, 0.05) is 50.3 Å². The Kier molecular flexibility index (Phi) is 4.34. The van der Waals surface area contributed by atoms with Crippen LogP contribution in [0.5, 0.6) is 0 Å². The van der Waals surface area contributed by atoms with Crippen molar-refractivity contribution in [2.45, 2.75) is 20.8 Å². The molecule has 0 radical (unpaired) electrons. The maximum Gasteiger partial charge on any atom is 0.0938 e. The van der Waals surface area contributed by atoms with Crippen molar-refractivity contribution in [1.82, 2.24) is 9.80 Å². The summed E-state index contributed by atoms with van der Waals surface area (Å²) in [7, 11) is 4.21. The zero-order valence-corrected chi connectivity index (χ0v) is 16.9. The van der Waals surface area contributed by atoms with E-state index in [1.807, 2.05) is 0 Å². The van der Waals surface area contributed by atoms with Gasteiger partial charge in [-0.2, -0.15) is 0 Å². The SMILES string of the molecule is Cc1cc(C)c(-c2cc(N3C=CN(C)C3)cc(N3C=CN(C)C3)c2)c(C)c1. The Labute approximate surface area is 162 Å². The molecule has 2 heterocycles. The number of benzene rings is 2. The fraction of sp³-hybridized carbons (Fsp3) is 0.304. The predicted octanol–water partition coefficient (Wildman–Crippen LogP) is 4.64. The van der Waals surface area contributed by atoms with Crippen LogP contribution >= 0.6 is 0 Å². The van der Waals surface area contributed by atoms with Crippen molar-refractivity contribution in [1.29, 1.82) is 0 Å². The first kappa shape index (κ1) is 17.5. The number of hydrogen-bond acceptors (Lipinski definition) is 4. The topological polar surface area (TPSA) is 13.0 Å². The molecule has 0 aromatic heterocycles. The summed E-state index contributed by atoms with van der Waals surface area (Å²) in [6.45, 7) is 8.36. The lowest BCUT2D eigenvalue weighted by Gasteiger charge is -2.25. The molecule has 4 heteroatoms. The molecule has 4 nitrogen and oxygen atoms in total. The van der Waals surface area contributed by atoms with Gasteiger partial charge < -0.3 is 19.6 Å². The molecular formula is C23H28N4. The van der Waals surface area contributed by atoms with E-state index in [2.05, 4.69) is 110 Å². The van der Waals surface area contributed by atoms with E-state index in [0.29, 0.717) is 0 Å². The van der Waals surface area contributed by atoms with Crippen molar-refractivity contribution in [3.8, 4) is 11.1 Å². The highest BCUT2D eigenvalue weighted by atomic mass is 15.3. The largest absolute Gasteiger partial charge is 0.361 e. The molecule has 0 atom stereocenters. The molecule has 0 saturated carbocycles. The zero-order valence-electron chi connectivity index (χ0n) is 16.9. The van der Waals surface area contributed by atoms with E-state index in [1.165, 1.54) is 39.2 Å². The van der Waals surface area contributed by atoms with Crippen LogP contribution in [0.3, 0.4) is 0 Å². The Morgan fingerprint density at radius 2 is 1.11 bits per heavy atom. The first-order chi connectivity index (χ1) is 12.9. The van der Waals surface area contributed by atoms with E-state index in [9.17, 15) is 0 Å². The molecule has 0 aliphatic carbocycles. The molecule has 2 aromatic carbocycles. The average Bonchev–Trinajstić information content (AvgIpc) is 3.22. The van der Waals surface area contributed by atoms with Gasteiger partial charge in [0.1, 0.15) is 0 Å². The summed E-state index contributed by atoms with van der Waals surface area (Å²) in [6.07, 6.45) is 8.56. The van der Waals surface area contributed by atoms with Crippen LogP contribution in [-0.2, 0) is 0 Å². The molecule has 0 amide bonds. The van der Waals surface area contributed by atoms with Crippen molar-refractivity contribution in [2.75, 3.05) is 37.2 Å². The molecule has 2 aliphatic heterocycles. The van der Waals surface area contributed by atoms with Gasteiger partial charge in [0.05, 0.1) is 13.3 Å². The summed E-state index contributed by atoms with van der Waals surface area (Å²) >= 11 is 0. The van der Waals surface area contributed by atoms with Crippen molar-refractivity contribution in [3.63, 3.8) is 0 Å². The second-order valence-electron chi connectivity index (χ2n) is 7.84. The fourth-order valence-corrected chi connectivity index (χ4v) is 4.10. The van der Waals surface area contributed by atoms with E-state index in [0.717, 1.165) is 13.3 Å². The Balaban J connectivity index is 1.84. The fourth-order valence-electron chi connectivity index (χ4n) is 4.10. The third-order valence-corrected chi connectivity index (χ3v) is 5.28. The first-order valence-electron chi connectivity index (χ1n) is 9.44. The highest BCUT2D eigenvalue weighted by molar-refractivity contribution is 5.79. The number of anilines is 2. The first-order valence-corrected chi connectivity index (χ1v) is 9.44. The number of hydrogen-bond donors (Lipinski definition) is 0. The molecule has 2 aromatic rings. The van der Waals surface area contributed by atoms with Crippen molar-refractivity contribution in [2.24, 2.45) is 0 Å². The maximum absolute atomic E-state index is 2.32. The molecule has 27 heavy (non-hydrogen) atoms. The number of nitrogens with zero attached hydrogens (tertiary/aromatic N) is 4. The van der Waals surface area contributed by atoms with Gasteiger partial charge in [-0.1, -0.05) is 17.7 Å². The average molecular weight is 361 g/mol. The second-order valence-corrected chi connectivity index (χ2v) is 7.84. The molecule has 140 valence electrons. The standard InChI is InChI=1S/C23H28N4/c1-17-10-18(2)23(19(3)11-17)20-12-21(26-8-6-24(4)15-26)14-22(13-20)27-9-7-25(5)16-27/h6-14H,15-16H2,1-5H3. The Morgan fingerprint density at radius 3 is 1.52 bits per heavy atom. The Morgan fingerprint density at radius 1 is 0.630 bits per heavy atom. The van der Waals surface area contributed by atoms with Crippen LogP contribution in [0.15, 0.2) is 55.1 Å². The van der Waals surface area contributed by atoms with Crippen LogP contribution < -0.4 is 9.80 Å². The molecule has 2 aliphatic rings. The van der Waals surface area contributed by atoms with Crippen LogP contribution in [0.4, 0.5) is 11.4 Å². The third-order valence-electron chi connectivity index (χ3n) is 5.28. The van der Waals surface area contributed by atoms with Crippen molar-refractivity contribution in [3.05, 3.63) is 71.8 Å². The lowest BCUT2D eigenvalue weighted by atomic mass is 9.93. The monoisotopic (exact) mass is 360 g/mol. The minimum Gasteiger partial charge on any atom is -0.361 e. The normalized spacial score (nSPS) is 16.2. The van der Waals surface area contributed by atoms with Crippen LogP contribution in [0, 0.1) is 20.8 Å². The van der Waals surface area contributed by atoms with Gasteiger partial charge in [-0.05, 0) is 61.2 Å². The summed E-state index contributed by atoms with van der Waals surface area (Å²) in [5, 5.41) is 0. The summed E-state index contributed by atoms with van der Waals surface area (Å²) in [5.74, 6) is 0. The van der Waals surface area contributed by atoms with E-state index < -0.39 is 0 Å². The molecular weight excluding hydrogens is 332 g/mol. The smallest absolute Gasteiger partial charge is 0.0938 e. The minimum atomic E-state index is 0.879. The van der Waals surface area contributed by atoms with Gasteiger partial charge in [0.15, 0.2) is 0 Å². The maximum atomic E-state index is 2.32. The lowest BCUT2D eigenvalue weighted by Crippen LogP contribution is -2.23. The Bertz CT molecular complexity index is 861. The molecule has 0 saturated heterocycles. The van der Waals surface area contributed by atoms with Crippen molar-refractivity contribution < 1.29 is 0 Å². The lowest BCUT2D eigenvalue weighted by molar-refractivity contribution is 0.494. The number of aryl methyl sites for hydroxylation is 3. The second kappa shape index (κ2) is 6.69. The Hall–Kier alpha value is -2.88. The molecule has 0 fully saturated rings. The highest BCUT2D eigenvalue weighted by Gasteiger charge is 2.18. The predicted molar refractivity (Wildman–Crippen MR) is 115 cm³/mol. The summed E-state index contributed by atoms with van der Waals surface area (Å²) < 4.78 is 0. The van der Waals surface area contributed by atoms with Gasteiger partial charge >= 0.3 is 0 Å². The van der Waals surface area contributed by atoms with Gasteiger partial charge in [0.2, 0.25) is 0 Å². The summed E-state index contributed by atoms with van der Waals surface area (Å²) in [4.78, 5) is 8.99. The van der Waals surface area contributed by atoms with Gasteiger partial charge in [-0.25, -0.2) is 0 Å².